The molecule has 1 aliphatic rings. The summed E-state index contributed by atoms with van der Waals surface area (Å²) in [4.78, 5) is 29.3. The lowest BCUT2D eigenvalue weighted by Crippen LogP contribution is -2.29. The fourth-order valence-electron chi connectivity index (χ4n) is 4.11. The number of carboxylic acid groups (broad SMARTS) is 1. The minimum atomic E-state index is -0.916. The van der Waals surface area contributed by atoms with Gasteiger partial charge in [0, 0.05) is 24.0 Å². The molecule has 2 aromatic carbocycles. The Balaban J connectivity index is 1.46. The molecule has 1 atom stereocenters. The van der Waals surface area contributed by atoms with Gasteiger partial charge < -0.3 is 19.7 Å². The molecule has 150 valence electrons. The van der Waals surface area contributed by atoms with Gasteiger partial charge in [0.25, 0.3) is 5.91 Å². The summed E-state index contributed by atoms with van der Waals surface area (Å²) in [5.74, 6) is 0.259. The molecule has 2 heterocycles. The average molecular weight is 392 g/mol. The van der Waals surface area contributed by atoms with Gasteiger partial charge in [-0.25, -0.2) is 4.79 Å². The van der Waals surface area contributed by atoms with Crippen molar-refractivity contribution in [2.45, 2.75) is 19.8 Å². The van der Waals surface area contributed by atoms with E-state index in [2.05, 4.69) is 4.98 Å². The number of nitrogens with zero attached hydrogens (tertiary/aromatic N) is 1. The number of carbonyl (C=O) groups is 2. The molecule has 0 bridgehead atoms. The molecule has 29 heavy (non-hydrogen) atoms. The number of carbonyl (C=O) groups excluding carboxylic acids is 1. The fraction of sp³-hybridized carbons (Fsp3) is 0.304. The van der Waals surface area contributed by atoms with Crippen molar-refractivity contribution in [2.75, 3.05) is 20.2 Å². The molecule has 0 saturated carbocycles. The molecular weight excluding hydrogens is 368 g/mol. The number of likely N-dealkylation sites (tertiary alicyclic amines) is 1. The molecule has 0 spiro atoms. The van der Waals surface area contributed by atoms with Crippen molar-refractivity contribution >= 4 is 22.8 Å². The average Bonchev–Trinajstić information content (AvgIpc) is 3.32. The van der Waals surface area contributed by atoms with Gasteiger partial charge in [-0.15, -0.1) is 0 Å². The zero-order chi connectivity index (χ0) is 20.5. The van der Waals surface area contributed by atoms with Gasteiger partial charge in [0.05, 0.1) is 12.7 Å². The Hall–Kier alpha value is -3.28. The van der Waals surface area contributed by atoms with Crippen LogP contribution >= 0.6 is 0 Å². The van der Waals surface area contributed by atoms with Crippen LogP contribution in [0.2, 0.25) is 0 Å². The number of aromatic nitrogens is 1. The second kappa shape index (κ2) is 7.62. The van der Waals surface area contributed by atoms with Crippen LogP contribution in [0.1, 0.15) is 38.4 Å². The Bertz CT molecular complexity index is 1070. The van der Waals surface area contributed by atoms with Crippen LogP contribution in [0, 0.1) is 12.8 Å². The highest BCUT2D eigenvalue weighted by Crippen LogP contribution is 2.28. The predicted octanol–water partition coefficient (Wildman–Crippen LogP) is 3.89. The van der Waals surface area contributed by atoms with Crippen molar-refractivity contribution in [3.63, 3.8) is 0 Å². The first-order valence-corrected chi connectivity index (χ1v) is 9.74. The van der Waals surface area contributed by atoms with E-state index in [0.29, 0.717) is 23.7 Å². The highest BCUT2D eigenvalue weighted by atomic mass is 16.5. The molecule has 1 fully saturated rings. The van der Waals surface area contributed by atoms with E-state index in [1.165, 1.54) is 0 Å². The molecule has 0 aliphatic carbocycles. The van der Waals surface area contributed by atoms with E-state index in [0.717, 1.165) is 47.2 Å². The number of hydrogen-bond donors (Lipinski definition) is 2. The van der Waals surface area contributed by atoms with Crippen molar-refractivity contribution in [3.05, 3.63) is 64.8 Å². The van der Waals surface area contributed by atoms with Crippen LogP contribution in [-0.4, -0.2) is 47.1 Å². The zero-order valence-corrected chi connectivity index (χ0v) is 16.6. The van der Waals surface area contributed by atoms with Crippen molar-refractivity contribution in [1.82, 2.24) is 9.88 Å². The molecular formula is C23H24N2O4. The standard InChI is InChI=1S/C23H24N2O4/c1-14-19-12-18(29-2)7-8-20(19)24-21(14)22(26)25-10-9-16(13-25)11-15-3-5-17(6-4-15)23(27)28/h3-8,12,16,24H,9-11,13H2,1-2H3,(H,27,28). The van der Waals surface area contributed by atoms with E-state index in [9.17, 15) is 9.59 Å². The van der Waals surface area contributed by atoms with E-state index < -0.39 is 5.97 Å². The van der Waals surface area contributed by atoms with Gasteiger partial charge in [0.2, 0.25) is 0 Å². The third-order valence-electron chi connectivity index (χ3n) is 5.78. The summed E-state index contributed by atoms with van der Waals surface area (Å²) < 4.78 is 5.30. The van der Waals surface area contributed by atoms with Crippen LogP contribution in [0.15, 0.2) is 42.5 Å². The molecule has 3 aromatic rings. The summed E-state index contributed by atoms with van der Waals surface area (Å²) in [5, 5.41) is 10.0. The van der Waals surface area contributed by atoms with Gasteiger partial charge in [-0.3, -0.25) is 4.79 Å². The zero-order valence-electron chi connectivity index (χ0n) is 16.6. The second-order valence-corrected chi connectivity index (χ2v) is 7.65. The molecule has 1 saturated heterocycles. The number of ether oxygens (including phenoxy) is 1. The number of fused-ring (bicyclic) bond motifs is 1. The number of aryl methyl sites for hydroxylation is 1. The van der Waals surface area contributed by atoms with Gasteiger partial charge in [-0.05, 0) is 67.1 Å². The Kier molecular flexibility index (Phi) is 5.01. The number of methoxy groups -OCH3 is 1. The summed E-state index contributed by atoms with van der Waals surface area (Å²) >= 11 is 0. The molecule has 4 rings (SSSR count). The van der Waals surface area contributed by atoms with E-state index >= 15 is 0 Å². The van der Waals surface area contributed by atoms with Crippen LogP contribution in [-0.2, 0) is 6.42 Å². The van der Waals surface area contributed by atoms with Crippen LogP contribution in [0.5, 0.6) is 5.75 Å². The number of amides is 1. The lowest BCUT2D eigenvalue weighted by molar-refractivity contribution is 0.0696. The molecule has 0 radical (unpaired) electrons. The van der Waals surface area contributed by atoms with E-state index in [1.54, 1.807) is 19.2 Å². The number of carboxylic acids is 1. The number of aromatic amines is 1. The van der Waals surface area contributed by atoms with Crippen molar-refractivity contribution in [3.8, 4) is 5.75 Å². The summed E-state index contributed by atoms with van der Waals surface area (Å²) in [6.07, 6.45) is 1.78. The largest absolute Gasteiger partial charge is 0.497 e. The Morgan fingerprint density at radius 1 is 1.21 bits per heavy atom. The maximum absolute atomic E-state index is 13.1. The number of H-pyrrole nitrogens is 1. The molecule has 6 heteroatoms. The first-order chi connectivity index (χ1) is 14.0. The van der Waals surface area contributed by atoms with Gasteiger partial charge in [-0.1, -0.05) is 12.1 Å². The van der Waals surface area contributed by atoms with Crippen molar-refractivity contribution < 1.29 is 19.4 Å². The van der Waals surface area contributed by atoms with Crippen LogP contribution in [0.25, 0.3) is 10.9 Å². The molecule has 1 unspecified atom stereocenters. The molecule has 1 aliphatic heterocycles. The van der Waals surface area contributed by atoms with Crippen molar-refractivity contribution in [1.29, 1.82) is 0 Å². The Labute approximate surface area is 169 Å². The highest BCUT2D eigenvalue weighted by molar-refractivity contribution is 6.01. The first kappa shape index (κ1) is 19.1. The van der Waals surface area contributed by atoms with Gasteiger partial charge in [-0.2, -0.15) is 0 Å². The topological polar surface area (TPSA) is 82.6 Å². The predicted molar refractivity (Wildman–Crippen MR) is 111 cm³/mol. The maximum Gasteiger partial charge on any atom is 0.335 e. The lowest BCUT2D eigenvalue weighted by atomic mass is 9.98. The summed E-state index contributed by atoms with van der Waals surface area (Å²) in [6, 6.07) is 12.8. The first-order valence-electron chi connectivity index (χ1n) is 9.74. The molecule has 2 N–H and O–H groups in total. The molecule has 6 nitrogen and oxygen atoms in total. The van der Waals surface area contributed by atoms with E-state index in [1.807, 2.05) is 42.2 Å². The maximum atomic E-state index is 13.1. The van der Waals surface area contributed by atoms with Gasteiger partial charge >= 0.3 is 5.97 Å². The third-order valence-corrected chi connectivity index (χ3v) is 5.78. The Morgan fingerprint density at radius 2 is 1.97 bits per heavy atom. The lowest BCUT2D eigenvalue weighted by Gasteiger charge is -2.16. The minimum absolute atomic E-state index is 0.0291. The van der Waals surface area contributed by atoms with Gasteiger partial charge in [0.15, 0.2) is 0 Å². The van der Waals surface area contributed by atoms with Gasteiger partial charge in [0.1, 0.15) is 11.4 Å². The van der Waals surface area contributed by atoms with Crippen LogP contribution in [0.4, 0.5) is 0 Å². The number of aromatic carboxylic acids is 1. The monoisotopic (exact) mass is 392 g/mol. The van der Waals surface area contributed by atoms with E-state index in [-0.39, 0.29) is 5.91 Å². The fourth-order valence-corrected chi connectivity index (χ4v) is 4.11. The second-order valence-electron chi connectivity index (χ2n) is 7.65. The highest BCUT2D eigenvalue weighted by Gasteiger charge is 2.29. The third kappa shape index (κ3) is 3.70. The summed E-state index contributed by atoms with van der Waals surface area (Å²) in [5.41, 5.74) is 3.91. The quantitative estimate of drug-likeness (QED) is 0.690. The number of nitrogens with one attached hydrogen (secondary N) is 1. The number of hydrogen-bond acceptors (Lipinski definition) is 3. The summed E-state index contributed by atoms with van der Waals surface area (Å²) in [6.45, 7) is 3.40. The summed E-state index contributed by atoms with van der Waals surface area (Å²) in [7, 11) is 1.63. The van der Waals surface area contributed by atoms with Crippen LogP contribution < -0.4 is 4.74 Å². The molecule has 1 amide bonds. The van der Waals surface area contributed by atoms with E-state index in [4.69, 9.17) is 9.84 Å². The molecule has 1 aromatic heterocycles. The van der Waals surface area contributed by atoms with Crippen molar-refractivity contribution in [2.24, 2.45) is 5.92 Å². The van der Waals surface area contributed by atoms with Crippen LogP contribution in [0.3, 0.4) is 0 Å². The number of benzene rings is 2. The number of rotatable bonds is 5. The minimum Gasteiger partial charge on any atom is -0.497 e. The normalized spacial score (nSPS) is 16.3. The SMILES string of the molecule is COc1ccc2[nH]c(C(=O)N3CCC(Cc4ccc(C(=O)O)cc4)C3)c(C)c2c1. The Morgan fingerprint density at radius 3 is 2.66 bits per heavy atom. The smallest absolute Gasteiger partial charge is 0.335 e.